The predicted molar refractivity (Wildman–Crippen MR) is 44.0 cm³/mol. The molecule has 1 aromatic rings. The van der Waals surface area contributed by atoms with Gasteiger partial charge in [0.2, 0.25) is 0 Å². The molecule has 0 saturated carbocycles. The monoisotopic (exact) mass is 212 g/mol. The number of benzene rings is 1. The maximum absolute atomic E-state index is 11.9. The van der Waals surface area contributed by atoms with Crippen molar-refractivity contribution in [3.8, 4) is 0 Å². The minimum absolute atomic E-state index is 0. The van der Waals surface area contributed by atoms with E-state index in [1.165, 1.54) is 12.1 Å². The van der Waals surface area contributed by atoms with E-state index in [0.29, 0.717) is 5.56 Å². The smallest absolute Gasteiger partial charge is 0.449 e. The Hall–Kier alpha value is 0.711. The molecule has 5 heteroatoms. The topological polar surface area (TPSA) is 0 Å². The van der Waals surface area contributed by atoms with Gasteiger partial charge in [-0.25, -0.2) is 0 Å². The number of hydrogen-bond donors (Lipinski definition) is 0. The molecular weight excluding hydrogens is 203 g/mol. The number of hydrogen-bond acceptors (Lipinski definition) is 0. The molecule has 0 saturated heterocycles. The van der Waals surface area contributed by atoms with Crippen molar-refractivity contribution in [2.24, 2.45) is 0 Å². The van der Waals surface area contributed by atoms with E-state index in [0.717, 1.165) is 5.56 Å². The van der Waals surface area contributed by atoms with Gasteiger partial charge in [-0.15, -0.1) is 0 Å². The average molecular weight is 212 g/mol. The molecule has 0 N–H and O–H groups in total. The van der Waals surface area contributed by atoms with E-state index in [1.54, 1.807) is 12.1 Å². The van der Waals surface area contributed by atoms with Gasteiger partial charge in [0.25, 0.3) is 0 Å². The van der Waals surface area contributed by atoms with Crippen LogP contribution >= 0.6 is 0 Å². The molecule has 0 unspecified atom stereocenters. The zero-order valence-electron chi connectivity index (χ0n) is 7.73. The number of rotatable bonds is 2. The van der Waals surface area contributed by atoms with Crippen molar-refractivity contribution in [1.29, 1.82) is 0 Å². The van der Waals surface area contributed by atoms with Crippen LogP contribution in [0.4, 0.5) is 12.9 Å². The second-order valence-corrected chi connectivity index (χ2v) is 2.90. The summed E-state index contributed by atoms with van der Waals surface area (Å²) in [6.45, 7) is -2.84. The third-order valence-electron chi connectivity index (χ3n) is 1.59. The Bertz CT molecular complexity index is 255. The molecule has 0 bridgehead atoms. The summed E-state index contributed by atoms with van der Waals surface area (Å²) in [5.41, 5.74) is 1.32. The Labute approximate surface area is 118 Å². The van der Waals surface area contributed by atoms with Gasteiger partial charge in [0.15, 0.2) is 0 Å². The SMILES string of the molecule is Cc1ccc(C[B-](F)(F)F)cc1.[K+]. The van der Waals surface area contributed by atoms with Crippen LogP contribution < -0.4 is 51.4 Å². The van der Waals surface area contributed by atoms with Crippen LogP contribution in [0.15, 0.2) is 24.3 Å². The molecule has 0 fully saturated rings. The molecular formula is C8H9BF3K. The van der Waals surface area contributed by atoms with Gasteiger partial charge in [-0.3, -0.25) is 0 Å². The molecule has 0 atom stereocenters. The van der Waals surface area contributed by atoms with E-state index in [2.05, 4.69) is 0 Å². The van der Waals surface area contributed by atoms with Crippen molar-refractivity contribution in [3.63, 3.8) is 0 Å². The van der Waals surface area contributed by atoms with E-state index in [-0.39, 0.29) is 51.4 Å². The normalized spacial score (nSPS) is 10.8. The summed E-state index contributed by atoms with van der Waals surface area (Å²) in [5, 5.41) is 0. The van der Waals surface area contributed by atoms with Gasteiger partial charge in [0.1, 0.15) is 0 Å². The average Bonchev–Trinajstić information content (AvgIpc) is 1.91. The van der Waals surface area contributed by atoms with Gasteiger partial charge in [-0.2, -0.15) is 0 Å². The molecule has 0 radical (unpaired) electrons. The standard InChI is InChI=1S/C8H9BF3.K/c1-7-2-4-8(5-3-7)6-9(10,11)12;/h2-5H,6H2,1H3;/q-1;+1. The molecule has 1 aromatic carbocycles. The molecule has 0 aliphatic rings. The Morgan fingerprint density at radius 3 is 1.92 bits per heavy atom. The van der Waals surface area contributed by atoms with Crippen LogP contribution in [0.1, 0.15) is 11.1 Å². The van der Waals surface area contributed by atoms with E-state index >= 15 is 0 Å². The molecule has 1 rings (SSSR count). The van der Waals surface area contributed by atoms with Gasteiger partial charge in [0, 0.05) is 0 Å². The molecule has 0 spiro atoms. The van der Waals surface area contributed by atoms with Crippen LogP contribution in [0, 0.1) is 6.92 Å². The molecule has 0 heterocycles. The fraction of sp³-hybridized carbons (Fsp3) is 0.250. The fourth-order valence-corrected chi connectivity index (χ4v) is 0.991. The van der Waals surface area contributed by atoms with Gasteiger partial charge in [-0.1, -0.05) is 41.7 Å². The molecule has 0 nitrogen and oxygen atoms in total. The second kappa shape index (κ2) is 5.56. The summed E-state index contributed by atoms with van der Waals surface area (Å²) in [6.07, 6.45) is -0.777. The first-order valence-electron chi connectivity index (χ1n) is 3.74. The van der Waals surface area contributed by atoms with E-state index in [4.69, 9.17) is 0 Å². The fourth-order valence-electron chi connectivity index (χ4n) is 0.991. The molecule has 0 aliphatic heterocycles. The summed E-state index contributed by atoms with van der Waals surface area (Å²) in [6, 6.07) is 6.42. The van der Waals surface area contributed by atoms with E-state index in [9.17, 15) is 12.9 Å². The Balaban J connectivity index is 0.00000144. The summed E-state index contributed by atoms with van der Waals surface area (Å²) in [7, 11) is 0. The quantitative estimate of drug-likeness (QED) is 0.602. The Kier molecular flexibility index (Phi) is 5.86. The first kappa shape index (κ1) is 13.7. The Morgan fingerprint density at radius 1 is 1.08 bits per heavy atom. The molecule has 13 heavy (non-hydrogen) atoms. The largest absolute Gasteiger partial charge is 1.00 e. The zero-order chi connectivity index (χ0) is 9.19. The van der Waals surface area contributed by atoms with Crippen LogP contribution in [0.5, 0.6) is 0 Å². The van der Waals surface area contributed by atoms with Crippen LogP contribution in [0.2, 0.25) is 0 Å². The predicted octanol–water partition coefficient (Wildman–Crippen LogP) is -0.0719. The maximum atomic E-state index is 11.9. The van der Waals surface area contributed by atoms with Gasteiger partial charge in [0.05, 0.1) is 0 Å². The van der Waals surface area contributed by atoms with Crippen molar-refractivity contribution in [2.75, 3.05) is 0 Å². The minimum Gasteiger partial charge on any atom is -0.449 e. The number of halogens is 3. The van der Waals surface area contributed by atoms with Gasteiger partial charge in [-0.05, 0) is 6.92 Å². The van der Waals surface area contributed by atoms with Crippen molar-refractivity contribution >= 4 is 6.98 Å². The van der Waals surface area contributed by atoms with Crippen LogP contribution in [-0.2, 0) is 6.32 Å². The van der Waals surface area contributed by atoms with Crippen LogP contribution in [0.25, 0.3) is 0 Å². The molecule has 0 aliphatic carbocycles. The van der Waals surface area contributed by atoms with E-state index in [1.807, 2.05) is 6.92 Å². The Morgan fingerprint density at radius 2 is 1.54 bits per heavy atom. The van der Waals surface area contributed by atoms with Crippen molar-refractivity contribution in [2.45, 2.75) is 13.2 Å². The van der Waals surface area contributed by atoms with E-state index < -0.39 is 13.3 Å². The first-order valence-corrected chi connectivity index (χ1v) is 3.74. The molecule has 0 amide bonds. The third kappa shape index (κ3) is 5.91. The third-order valence-corrected chi connectivity index (χ3v) is 1.59. The number of aryl methyl sites for hydroxylation is 1. The zero-order valence-corrected chi connectivity index (χ0v) is 10.9. The summed E-state index contributed by atoms with van der Waals surface area (Å²) >= 11 is 0. The van der Waals surface area contributed by atoms with Gasteiger partial charge < -0.3 is 12.9 Å². The first-order chi connectivity index (χ1) is 5.47. The van der Waals surface area contributed by atoms with Crippen molar-refractivity contribution in [1.82, 2.24) is 0 Å². The van der Waals surface area contributed by atoms with Crippen LogP contribution in [0.3, 0.4) is 0 Å². The second-order valence-electron chi connectivity index (χ2n) is 2.90. The summed E-state index contributed by atoms with van der Waals surface area (Å²) < 4.78 is 35.7. The summed E-state index contributed by atoms with van der Waals surface area (Å²) in [5.74, 6) is 0. The van der Waals surface area contributed by atoms with Crippen LogP contribution in [-0.4, -0.2) is 6.98 Å². The minimum atomic E-state index is -4.69. The molecule has 0 aromatic heterocycles. The van der Waals surface area contributed by atoms with Crippen molar-refractivity contribution in [3.05, 3.63) is 35.4 Å². The molecule has 66 valence electrons. The summed E-state index contributed by atoms with van der Waals surface area (Å²) in [4.78, 5) is 0. The maximum Gasteiger partial charge on any atom is 1.00 e. The van der Waals surface area contributed by atoms with Crippen molar-refractivity contribution < 1.29 is 64.3 Å². The van der Waals surface area contributed by atoms with Gasteiger partial charge >= 0.3 is 58.4 Å².